The molecule has 0 aliphatic carbocycles. The van der Waals surface area contributed by atoms with Gasteiger partial charge in [-0.3, -0.25) is 4.18 Å². The van der Waals surface area contributed by atoms with Gasteiger partial charge in [-0.05, 0) is 25.7 Å². The molecule has 0 aromatic carbocycles. The summed E-state index contributed by atoms with van der Waals surface area (Å²) < 4.78 is 33.1. The average molecular weight is 204 g/mol. The molecule has 0 aromatic rings. The van der Waals surface area contributed by atoms with Crippen LogP contribution in [0, 0.1) is 0 Å². The summed E-state index contributed by atoms with van der Waals surface area (Å²) in [5.41, 5.74) is 0. The van der Waals surface area contributed by atoms with Crippen LogP contribution in [-0.4, -0.2) is 32.0 Å². The Morgan fingerprint density at radius 3 is 2.62 bits per heavy atom. The second-order valence-corrected chi connectivity index (χ2v) is 6.08. The van der Waals surface area contributed by atoms with Crippen molar-refractivity contribution in [1.82, 2.24) is 0 Å². The van der Waals surface area contributed by atoms with Gasteiger partial charge in [-0.2, -0.15) is 8.42 Å². The van der Waals surface area contributed by atoms with Gasteiger partial charge in [0, 0.05) is 0 Å². The lowest BCUT2D eigenvalue weighted by molar-refractivity contribution is 0.0963. The van der Waals surface area contributed by atoms with Crippen molar-refractivity contribution in [3.63, 3.8) is 0 Å². The van der Waals surface area contributed by atoms with Crippen LogP contribution in [0.1, 0.15) is 25.7 Å². The lowest BCUT2D eigenvalue weighted by atomic mass is 9.86. The number of ether oxygens (including phenoxy) is 1. The van der Waals surface area contributed by atoms with Crippen LogP contribution >= 0.6 is 0 Å². The second-order valence-electron chi connectivity index (χ2n) is 4.12. The quantitative estimate of drug-likeness (QED) is 0.537. The van der Waals surface area contributed by atoms with Crippen LogP contribution < -0.4 is 0 Å². The van der Waals surface area contributed by atoms with Crippen molar-refractivity contribution in [3.05, 3.63) is 0 Å². The third-order valence-electron chi connectivity index (χ3n) is 3.53. The van der Waals surface area contributed by atoms with Crippen LogP contribution in [-0.2, 0) is 19.0 Å². The van der Waals surface area contributed by atoms with E-state index in [-0.39, 0.29) is 12.2 Å². The predicted molar refractivity (Wildman–Crippen MR) is 44.7 cm³/mol. The van der Waals surface area contributed by atoms with Crippen molar-refractivity contribution in [2.24, 2.45) is 0 Å². The van der Waals surface area contributed by atoms with E-state index < -0.39 is 14.9 Å². The van der Waals surface area contributed by atoms with Gasteiger partial charge in [0.2, 0.25) is 0 Å². The molecule has 3 aliphatic rings. The molecular weight excluding hydrogens is 192 g/mol. The number of hydrogen-bond donors (Lipinski definition) is 0. The maximum Gasteiger partial charge on any atom is 0.275 e. The predicted octanol–water partition coefficient (Wildman–Crippen LogP) is 0.427. The molecule has 0 radical (unpaired) electrons. The Labute approximate surface area is 77.3 Å². The molecule has 74 valence electrons. The average Bonchev–Trinajstić information content (AvgIpc) is 2.68. The van der Waals surface area contributed by atoms with E-state index in [9.17, 15) is 8.42 Å². The van der Waals surface area contributed by atoms with Crippen molar-refractivity contribution in [2.45, 2.75) is 42.6 Å². The van der Waals surface area contributed by atoms with Gasteiger partial charge < -0.3 is 4.74 Å². The minimum atomic E-state index is -3.34. The molecule has 0 aromatic heterocycles. The molecule has 4 nitrogen and oxygen atoms in total. The Morgan fingerprint density at radius 2 is 2.15 bits per heavy atom. The van der Waals surface area contributed by atoms with Crippen molar-refractivity contribution in [3.8, 4) is 0 Å². The first-order chi connectivity index (χ1) is 6.14. The molecule has 3 fully saturated rings. The summed E-state index contributed by atoms with van der Waals surface area (Å²) >= 11 is 0. The third kappa shape index (κ3) is 0.851. The Balaban J connectivity index is 2.07. The highest BCUT2D eigenvalue weighted by molar-refractivity contribution is 7.88. The Kier molecular flexibility index (Phi) is 1.43. The molecule has 3 unspecified atom stereocenters. The van der Waals surface area contributed by atoms with E-state index in [0.29, 0.717) is 19.4 Å². The molecule has 1 spiro atoms. The molecule has 0 N–H and O–H groups in total. The summed E-state index contributed by atoms with van der Waals surface area (Å²) in [7, 11) is -3.34. The Hall–Kier alpha value is -0.130. The molecule has 3 heterocycles. The molecular formula is C8H12O4S. The summed E-state index contributed by atoms with van der Waals surface area (Å²) in [6.45, 7) is 0.342. The van der Waals surface area contributed by atoms with Crippen LogP contribution in [0.15, 0.2) is 0 Å². The van der Waals surface area contributed by atoms with Crippen LogP contribution in [0.4, 0.5) is 0 Å². The molecule has 0 amide bonds. The van der Waals surface area contributed by atoms with Gasteiger partial charge in [0.05, 0.1) is 18.8 Å². The summed E-state index contributed by atoms with van der Waals surface area (Å²) in [6, 6.07) is 0. The number of fused-ring (bicyclic) bond motifs is 3. The normalized spacial score (nSPS) is 52.0. The standard InChI is InChI=1S/C8H12O4S/c9-13(10)8(3-4-11-13)5-6-1-2-7(8)12-6/h6-7H,1-5H2. The molecule has 2 bridgehead atoms. The van der Waals surface area contributed by atoms with Gasteiger partial charge in [-0.15, -0.1) is 0 Å². The van der Waals surface area contributed by atoms with E-state index in [4.69, 9.17) is 8.92 Å². The molecule has 3 saturated heterocycles. The first kappa shape index (κ1) is 8.20. The zero-order valence-electron chi connectivity index (χ0n) is 7.23. The first-order valence-electron chi connectivity index (χ1n) is 4.68. The highest BCUT2D eigenvalue weighted by atomic mass is 32.2. The van der Waals surface area contributed by atoms with Gasteiger partial charge in [-0.1, -0.05) is 0 Å². The largest absolute Gasteiger partial charge is 0.373 e. The van der Waals surface area contributed by atoms with Crippen molar-refractivity contribution in [1.29, 1.82) is 0 Å². The third-order valence-corrected chi connectivity index (χ3v) is 5.64. The van der Waals surface area contributed by atoms with Gasteiger partial charge in [-0.25, -0.2) is 0 Å². The van der Waals surface area contributed by atoms with Gasteiger partial charge in [0.15, 0.2) is 0 Å². The molecule has 3 atom stereocenters. The molecule has 3 rings (SSSR count). The van der Waals surface area contributed by atoms with Gasteiger partial charge in [0.25, 0.3) is 10.1 Å². The van der Waals surface area contributed by atoms with Crippen LogP contribution in [0.2, 0.25) is 0 Å². The smallest absolute Gasteiger partial charge is 0.275 e. The first-order valence-corrected chi connectivity index (χ1v) is 6.09. The van der Waals surface area contributed by atoms with Crippen molar-refractivity contribution < 1.29 is 17.3 Å². The van der Waals surface area contributed by atoms with E-state index in [2.05, 4.69) is 0 Å². The van der Waals surface area contributed by atoms with Crippen LogP contribution in [0.25, 0.3) is 0 Å². The Morgan fingerprint density at radius 1 is 1.31 bits per heavy atom. The van der Waals surface area contributed by atoms with E-state index in [1.54, 1.807) is 0 Å². The minimum absolute atomic E-state index is 0.0926. The summed E-state index contributed by atoms with van der Waals surface area (Å²) in [5, 5.41) is 0. The highest BCUT2D eigenvalue weighted by Gasteiger charge is 2.63. The zero-order valence-corrected chi connectivity index (χ0v) is 8.05. The van der Waals surface area contributed by atoms with Gasteiger partial charge in [0.1, 0.15) is 4.75 Å². The maximum absolute atomic E-state index is 11.7. The Bertz CT molecular complexity index is 336. The maximum atomic E-state index is 11.7. The number of rotatable bonds is 0. The molecule has 3 aliphatic heterocycles. The van der Waals surface area contributed by atoms with E-state index in [0.717, 1.165) is 12.8 Å². The summed E-state index contributed by atoms with van der Waals surface area (Å²) in [5.74, 6) is 0. The summed E-state index contributed by atoms with van der Waals surface area (Å²) in [6.07, 6.45) is 3.25. The van der Waals surface area contributed by atoms with E-state index in [1.807, 2.05) is 0 Å². The van der Waals surface area contributed by atoms with Crippen LogP contribution in [0.3, 0.4) is 0 Å². The molecule has 5 heteroatoms. The number of hydrogen-bond acceptors (Lipinski definition) is 4. The monoisotopic (exact) mass is 204 g/mol. The fourth-order valence-electron chi connectivity index (χ4n) is 2.85. The fraction of sp³-hybridized carbons (Fsp3) is 1.00. The molecule has 13 heavy (non-hydrogen) atoms. The van der Waals surface area contributed by atoms with E-state index in [1.165, 1.54) is 0 Å². The van der Waals surface area contributed by atoms with Gasteiger partial charge >= 0.3 is 0 Å². The van der Waals surface area contributed by atoms with Crippen molar-refractivity contribution >= 4 is 10.1 Å². The zero-order chi connectivity index (χ0) is 9.10. The fourth-order valence-corrected chi connectivity index (χ4v) is 4.61. The second kappa shape index (κ2) is 2.27. The minimum Gasteiger partial charge on any atom is -0.373 e. The SMILES string of the molecule is O=S1(=O)OCCC12CC1CCC2O1. The highest BCUT2D eigenvalue weighted by Crippen LogP contribution is 2.51. The lowest BCUT2D eigenvalue weighted by Crippen LogP contribution is -2.43. The van der Waals surface area contributed by atoms with Crippen molar-refractivity contribution in [2.75, 3.05) is 6.61 Å². The van der Waals surface area contributed by atoms with E-state index >= 15 is 0 Å². The lowest BCUT2D eigenvalue weighted by Gasteiger charge is -2.27. The molecule has 0 saturated carbocycles. The summed E-state index contributed by atoms with van der Waals surface area (Å²) in [4.78, 5) is 0. The topological polar surface area (TPSA) is 52.6 Å². The van der Waals surface area contributed by atoms with Crippen LogP contribution in [0.5, 0.6) is 0 Å².